The number of aryl methyl sites for hydroxylation is 2. The van der Waals surface area contributed by atoms with Gasteiger partial charge in [0.15, 0.2) is 0 Å². The van der Waals surface area contributed by atoms with Crippen LogP contribution in [0.2, 0.25) is 0 Å². The van der Waals surface area contributed by atoms with Crippen molar-refractivity contribution in [3.05, 3.63) is 53.6 Å². The van der Waals surface area contributed by atoms with E-state index in [2.05, 4.69) is 42.7 Å². The summed E-state index contributed by atoms with van der Waals surface area (Å²) in [4.78, 5) is 15.1. The molecule has 0 bridgehead atoms. The fourth-order valence-electron chi connectivity index (χ4n) is 3.25. The number of rotatable bonds is 5. The summed E-state index contributed by atoms with van der Waals surface area (Å²) in [6.45, 7) is 5.83. The zero-order chi connectivity index (χ0) is 18.6. The molecule has 1 fully saturated rings. The number of hydrogen-bond donors (Lipinski definition) is 2. The second-order valence-electron chi connectivity index (χ2n) is 6.80. The minimum absolute atomic E-state index is 0. The van der Waals surface area contributed by atoms with Gasteiger partial charge in [-0.3, -0.25) is 4.79 Å². The summed E-state index contributed by atoms with van der Waals surface area (Å²) in [6, 6.07) is 14.5. The maximum absolute atomic E-state index is 12.7. The van der Waals surface area contributed by atoms with E-state index in [-0.39, 0.29) is 18.3 Å². The van der Waals surface area contributed by atoms with Crippen LogP contribution < -0.4 is 10.6 Å². The molecule has 0 radical (unpaired) electrons. The molecule has 0 aliphatic carbocycles. The minimum atomic E-state index is -0.725. The van der Waals surface area contributed by atoms with Crippen molar-refractivity contribution >= 4 is 35.8 Å². The molecule has 1 saturated heterocycles. The number of ether oxygens (including phenoxy) is 1. The van der Waals surface area contributed by atoms with Crippen LogP contribution in [-0.4, -0.2) is 31.7 Å². The minimum Gasteiger partial charge on any atom is -0.368 e. The number of hydrogen-bond acceptors (Lipinski definition) is 4. The van der Waals surface area contributed by atoms with Gasteiger partial charge in [0.25, 0.3) is 5.91 Å². The lowest BCUT2D eigenvalue weighted by molar-refractivity contribution is -0.140. The Morgan fingerprint density at radius 1 is 1.11 bits per heavy atom. The van der Waals surface area contributed by atoms with E-state index in [0.717, 1.165) is 23.7 Å². The van der Waals surface area contributed by atoms with Crippen molar-refractivity contribution in [2.75, 3.05) is 25.5 Å². The molecule has 0 atom stereocenters. The molecule has 3 rings (SSSR count). The number of anilines is 1. The van der Waals surface area contributed by atoms with Crippen LogP contribution in [0.4, 0.5) is 5.69 Å². The molecule has 1 heterocycles. The normalized spacial score (nSPS) is 15.7. The highest BCUT2D eigenvalue weighted by molar-refractivity contribution is 7.99. The van der Waals surface area contributed by atoms with Crippen LogP contribution in [0.5, 0.6) is 0 Å². The number of benzene rings is 2. The third-order valence-electron chi connectivity index (χ3n) is 4.89. The predicted octanol–water partition coefficient (Wildman–Crippen LogP) is 4.58. The van der Waals surface area contributed by atoms with E-state index >= 15 is 0 Å². The number of piperidine rings is 1. The maximum atomic E-state index is 12.7. The van der Waals surface area contributed by atoms with E-state index in [4.69, 9.17) is 4.74 Å². The lowest BCUT2D eigenvalue weighted by Crippen LogP contribution is -2.51. The summed E-state index contributed by atoms with van der Waals surface area (Å²) in [5.41, 5.74) is 2.63. The molecule has 2 aromatic carbocycles. The molecule has 0 unspecified atom stereocenters. The summed E-state index contributed by atoms with van der Waals surface area (Å²) in [6.07, 6.45) is 1.38. The van der Waals surface area contributed by atoms with Gasteiger partial charge in [0, 0.05) is 22.6 Å². The number of halogens is 1. The highest BCUT2D eigenvalue weighted by atomic mass is 35.5. The summed E-state index contributed by atoms with van der Waals surface area (Å²) in [5, 5.41) is 6.28. The van der Waals surface area contributed by atoms with Crippen molar-refractivity contribution < 1.29 is 9.53 Å². The number of nitrogens with one attached hydrogen (secondary N) is 2. The average molecular weight is 407 g/mol. The average Bonchev–Trinajstić information content (AvgIpc) is 2.66. The number of methoxy groups -OCH3 is 1. The van der Waals surface area contributed by atoms with E-state index in [0.29, 0.717) is 12.8 Å². The Morgan fingerprint density at radius 3 is 2.37 bits per heavy atom. The first-order chi connectivity index (χ1) is 12.5. The summed E-state index contributed by atoms with van der Waals surface area (Å²) in [7, 11) is 1.62. The summed E-state index contributed by atoms with van der Waals surface area (Å²) >= 11 is 1.74. The van der Waals surface area contributed by atoms with Crippen molar-refractivity contribution in [3.63, 3.8) is 0 Å². The van der Waals surface area contributed by atoms with Gasteiger partial charge in [0.2, 0.25) is 0 Å². The molecular formula is C21H27ClN2O2S. The van der Waals surface area contributed by atoms with E-state index in [9.17, 15) is 4.79 Å². The topological polar surface area (TPSA) is 50.4 Å². The van der Waals surface area contributed by atoms with Crippen LogP contribution in [0.3, 0.4) is 0 Å². The predicted molar refractivity (Wildman–Crippen MR) is 114 cm³/mol. The molecule has 2 aromatic rings. The molecule has 4 nitrogen and oxygen atoms in total. The van der Waals surface area contributed by atoms with Gasteiger partial charge in [-0.05, 0) is 75.7 Å². The third kappa shape index (κ3) is 5.26. The van der Waals surface area contributed by atoms with Gasteiger partial charge >= 0.3 is 0 Å². The largest absolute Gasteiger partial charge is 0.368 e. The van der Waals surface area contributed by atoms with Crippen LogP contribution in [0.1, 0.15) is 24.0 Å². The van der Waals surface area contributed by atoms with Crippen LogP contribution in [-0.2, 0) is 9.53 Å². The first-order valence-corrected chi connectivity index (χ1v) is 9.76. The molecule has 2 N–H and O–H groups in total. The SMILES string of the molecule is COC1(C(=O)Nc2ccc(Sc3ccc(C)cc3C)cc2)CCNCC1.Cl. The Bertz CT molecular complexity index is 774. The smallest absolute Gasteiger partial charge is 0.256 e. The molecule has 27 heavy (non-hydrogen) atoms. The highest BCUT2D eigenvalue weighted by Gasteiger charge is 2.39. The standard InChI is InChI=1S/C21H26N2O2S.ClH/c1-15-4-9-19(16(2)14-15)26-18-7-5-17(6-8-18)23-20(24)21(25-3)10-12-22-13-11-21;/h4-9,14,22H,10-13H2,1-3H3,(H,23,24);1H. The monoisotopic (exact) mass is 406 g/mol. The molecule has 0 saturated carbocycles. The van der Waals surface area contributed by atoms with Crippen molar-refractivity contribution in [2.45, 2.75) is 42.1 Å². The van der Waals surface area contributed by atoms with Gasteiger partial charge in [0.1, 0.15) is 5.60 Å². The third-order valence-corrected chi connectivity index (χ3v) is 6.07. The molecule has 1 amide bonds. The van der Waals surface area contributed by atoms with Gasteiger partial charge in [-0.25, -0.2) is 0 Å². The van der Waals surface area contributed by atoms with Crippen molar-refractivity contribution in [1.29, 1.82) is 0 Å². The first-order valence-electron chi connectivity index (χ1n) is 8.95. The van der Waals surface area contributed by atoms with Crippen molar-refractivity contribution in [3.8, 4) is 0 Å². The van der Waals surface area contributed by atoms with Crippen LogP contribution in [0, 0.1) is 13.8 Å². The Morgan fingerprint density at radius 2 is 1.78 bits per heavy atom. The summed E-state index contributed by atoms with van der Waals surface area (Å²) in [5.74, 6) is -0.0590. The van der Waals surface area contributed by atoms with Crippen LogP contribution in [0.25, 0.3) is 0 Å². The zero-order valence-corrected chi connectivity index (χ0v) is 17.6. The molecule has 1 aliphatic rings. The first kappa shape index (κ1) is 21.8. The van der Waals surface area contributed by atoms with Gasteiger partial charge in [-0.1, -0.05) is 29.5 Å². The van der Waals surface area contributed by atoms with Gasteiger partial charge in [-0.15, -0.1) is 12.4 Å². The van der Waals surface area contributed by atoms with E-state index in [1.807, 2.05) is 24.3 Å². The zero-order valence-electron chi connectivity index (χ0n) is 16.0. The molecule has 0 aromatic heterocycles. The molecule has 6 heteroatoms. The van der Waals surface area contributed by atoms with Gasteiger partial charge in [-0.2, -0.15) is 0 Å². The number of carbonyl (C=O) groups excluding carboxylic acids is 1. The summed E-state index contributed by atoms with van der Waals surface area (Å²) < 4.78 is 5.58. The van der Waals surface area contributed by atoms with E-state index in [1.165, 1.54) is 16.0 Å². The lowest BCUT2D eigenvalue weighted by atomic mass is 9.91. The second-order valence-corrected chi connectivity index (χ2v) is 7.91. The lowest BCUT2D eigenvalue weighted by Gasteiger charge is -2.34. The number of amides is 1. The molecular weight excluding hydrogens is 380 g/mol. The Labute approximate surface area is 171 Å². The van der Waals surface area contributed by atoms with Crippen molar-refractivity contribution in [1.82, 2.24) is 5.32 Å². The second kappa shape index (κ2) is 9.60. The van der Waals surface area contributed by atoms with E-state index in [1.54, 1.807) is 18.9 Å². The molecule has 0 spiro atoms. The Hall–Kier alpha value is -1.53. The van der Waals surface area contributed by atoms with Gasteiger partial charge < -0.3 is 15.4 Å². The fraction of sp³-hybridized carbons (Fsp3) is 0.381. The van der Waals surface area contributed by atoms with Crippen LogP contribution in [0.15, 0.2) is 52.3 Å². The number of carbonyl (C=O) groups is 1. The fourth-order valence-corrected chi connectivity index (χ4v) is 4.13. The quantitative estimate of drug-likeness (QED) is 0.762. The van der Waals surface area contributed by atoms with Crippen molar-refractivity contribution in [2.24, 2.45) is 0 Å². The Balaban J connectivity index is 0.00000261. The van der Waals surface area contributed by atoms with Gasteiger partial charge in [0.05, 0.1) is 0 Å². The maximum Gasteiger partial charge on any atom is 0.256 e. The Kier molecular flexibility index (Phi) is 7.74. The van der Waals surface area contributed by atoms with E-state index < -0.39 is 5.60 Å². The highest BCUT2D eigenvalue weighted by Crippen LogP contribution is 2.32. The molecule has 146 valence electrons. The molecule has 1 aliphatic heterocycles. The van der Waals surface area contributed by atoms with Crippen LogP contribution >= 0.6 is 24.2 Å².